The van der Waals surface area contributed by atoms with Gasteiger partial charge in [-0.1, -0.05) is 24.3 Å². The zero-order valence-electron chi connectivity index (χ0n) is 6.45. The van der Waals surface area contributed by atoms with E-state index < -0.39 is 0 Å². The van der Waals surface area contributed by atoms with Gasteiger partial charge in [0, 0.05) is 11.8 Å². The summed E-state index contributed by atoms with van der Waals surface area (Å²) < 4.78 is 0. The van der Waals surface area contributed by atoms with Crippen LogP contribution >= 0.6 is 0 Å². The van der Waals surface area contributed by atoms with Gasteiger partial charge in [-0.3, -0.25) is 4.99 Å². The fraction of sp³-hybridized carbons (Fsp3) is 0.100. The maximum Gasteiger partial charge on any atom is 0.130 e. The molecule has 2 rings (SSSR count). The van der Waals surface area contributed by atoms with Crippen LogP contribution in [0, 0.1) is 0 Å². The lowest BCUT2D eigenvalue weighted by molar-refractivity contribution is 0.569. The van der Waals surface area contributed by atoms with Gasteiger partial charge in [-0.25, -0.2) is 4.79 Å². The van der Waals surface area contributed by atoms with E-state index in [9.17, 15) is 4.79 Å². The number of fused-ring (bicyclic) bond motifs is 1. The molecule has 0 atom stereocenters. The van der Waals surface area contributed by atoms with Crippen LogP contribution in [0.25, 0.3) is 5.57 Å². The molecule has 1 heterocycles. The summed E-state index contributed by atoms with van der Waals surface area (Å²) in [6.45, 7) is 0.459. The SMILES string of the molecule is O=C=C1CN=Cc2ccccc21. The first kappa shape index (κ1) is 7.01. The summed E-state index contributed by atoms with van der Waals surface area (Å²) in [7, 11) is 0. The fourth-order valence-electron chi connectivity index (χ4n) is 1.29. The average molecular weight is 157 g/mol. The Balaban J connectivity index is 2.68. The Kier molecular flexibility index (Phi) is 1.61. The minimum Gasteiger partial charge on any atom is -0.287 e. The van der Waals surface area contributed by atoms with Crippen LogP contribution in [0.5, 0.6) is 0 Å². The Labute approximate surface area is 70.3 Å². The van der Waals surface area contributed by atoms with Crippen molar-refractivity contribution in [1.82, 2.24) is 0 Å². The van der Waals surface area contributed by atoms with E-state index in [1.807, 2.05) is 30.2 Å². The molecule has 0 fully saturated rings. The Morgan fingerprint density at radius 3 is 3.00 bits per heavy atom. The fourth-order valence-corrected chi connectivity index (χ4v) is 1.29. The zero-order valence-corrected chi connectivity index (χ0v) is 6.45. The molecule has 0 N–H and O–H groups in total. The number of hydrogen-bond acceptors (Lipinski definition) is 2. The number of aliphatic imine (C=N–C) groups is 1. The van der Waals surface area contributed by atoms with Crippen molar-refractivity contribution < 1.29 is 4.79 Å². The van der Waals surface area contributed by atoms with E-state index in [0.717, 1.165) is 11.1 Å². The Hall–Kier alpha value is -1.66. The Morgan fingerprint density at radius 1 is 1.33 bits per heavy atom. The van der Waals surface area contributed by atoms with Crippen LogP contribution in [-0.4, -0.2) is 18.7 Å². The standard InChI is InChI=1S/C10H7NO/c12-7-9-6-11-5-8-3-1-2-4-10(8)9/h1-5H,6H2. The monoisotopic (exact) mass is 157 g/mol. The third kappa shape index (κ3) is 0.987. The van der Waals surface area contributed by atoms with Crippen LogP contribution < -0.4 is 0 Å². The van der Waals surface area contributed by atoms with Crippen LogP contribution in [0.2, 0.25) is 0 Å². The van der Waals surface area contributed by atoms with Crippen molar-refractivity contribution in [3.8, 4) is 0 Å². The van der Waals surface area contributed by atoms with Crippen molar-refractivity contribution in [3.63, 3.8) is 0 Å². The molecule has 1 aromatic rings. The first-order valence-electron chi connectivity index (χ1n) is 3.75. The number of benzene rings is 1. The summed E-state index contributed by atoms with van der Waals surface area (Å²) in [5.74, 6) is 1.91. The van der Waals surface area contributed by atoms with Crippen molar-refractivity contribution in [2.75, 3.05) is 6.54 Å². The van der Waals surface area contributed by atoms with Gasteiger partial charge in [0.25, 0.3) is 0 Å². The number of carbonyl (C=O) groups excluding carboxylic acids is 1. The lowest BCUT2D eigenvalue weighted by Crippen LogP contribution is -2.01. The molecule has 1 aromatic carbocycles. The van der Waals surface area contributed by atoms with Gasteiger partial charge in [0.05, 0.1) is 12.1 Å². The number of rotatable bonds is 0. The van der Waals surface area contributed by atoms with Crippen LogP contribution in [0.3, 0.4) is 0 Å². The number of hydrogen-bond donors (Lipinski definition) is 0. The lowest BCUT2D eigenvalue weighted by atomic mass is 9.99. The van der Waals surface area contributed by atoms with E-state index in [1.165, 1.54) is 0 Å². The molecule has 0 saturated carbocycles. The molecule has 0 aliphatic carbocycles. The minimum atomic E-state index is 0.459. The van der Waals surface area contributed by atoms with Gasteiger partial charge >= 0.3 is 0 Å². The van der Waals surface area contributed by atoms with Crippen molar-refractivity contribution in [1.29, 1.82) is 0 Å². The highest BCUT2D eigenvalue weighted by Gasteiger charge is 2.09. The molecule has 1 aliphatic rings. The van der Waals surface area contributed by atoms with Gasteiger partial charge in [0.2, 0.25) is 0 Å². The van der Waals surface area contributed by atoms with Gasteiger partial charge in [0.1, 0.15) is 5.94 Å². The summed E-state index contributed by atoms with van der Waals surface area (Å²) >= 11 is 0. The molecule has 0 aromatic heterocycles. The highest BCUT2D eigenvalue weighted by molar-refractivity contribution is 5.99. The maximum atomic E-state index is 10.5. The van der Waals surface area contributed by atoms with Gasteiger partial charge in [-0.05, 0) is 5.56 Å². The van der Waals surface area contributed by atoms with E-state index in [4.69, 9.17) is 0 Å². The third-order valence-corrected chi connectivity index (χ3v) is 1.89. The summed E-state index contributed by atoms with van der Waals surface area (Å²) in [5.41, 5.74) is 2.61. The Bertz CT molecular complexity index is 387. The average Bonchev–Trinajstić information content (AvgIpc) is 2.17. The summed E-state index contributed by atoms with van der Waals surface area (Å²) in [6, 6.07) is 7.70. The topological polar surface area (TPSA) is 29.4 Å². The van der Waals surface area contributed by atoms with Crippen LogP contribution in [0.4, 0.5) is 0 Å². The molecule has 0 amide bonds. The molecule has 2 nitrogen and oxygen atoms in total. The number of nitrogens with zero attached hydrogens (tertiary/aromatic N) is 1. The van der Waals surface area contributed by atoms with E-state index in [1.54, 1.807) is 6.21 Å². The van der Waals surface area contributed by atoms with Crippen LogP contribution in [0.15, 0.2) is 29.3 Å². The molecular weight excluding hydrogens is 150 g/mol. The second kappa shape index (κ2) is 2.76. The molecule has 12 heavy (non-hydrogen) atoms. The predicted molar refractivity (Wildman–Crippen MR) is 48.0 cm³/mol. The van der Waals surface area contributed by atoms with Crippen molar-refractivity contribution >= 4 is 17.7 Å². The molecule has 0 bridgehead atoms. The van der Waals surface area contributed by atoms with Gasteiger partial charge < -0.3 is 0 Å². The smallest absolute Gasteiger partial charge is 0.130 e. The van der Waals surface area contributed by atoms with E-state index in [2.05, 4.69) is 4.99 Å². The van der Waals surface area contributed by atoms with Crippen molar-refractivity contribution in [2.24, 2.45) is 4.99 Å². The maximum absolute atomic E-state index is 10.5. The molecule has 58 valence electrons. The summed E-state index contributed by atoms with van der Waals surface area (Å²) in [5, 5.41) is 0. The summed E-state index contributed by atoms with van der Waals surface area (Å²) in [4.78, 5) is 14.5. The molecule has 2 heteroatoms. The summed E-state index contributed by atoms with van der Waals surface area (Å²) in [6.07, 6.45) is 1.79. The van der Waals surface area contributed by atoms with Gasteiger partial charge in [0.15, 0.2) is 0 Å². The second-order valence-corrected chi connectivity index (χ2v) is 2.64. The third-order valence-electron chi connectivity index (χ3n) is 1.89. The minimum absolute atomic E-state index is 0.459. The van der Waals surface area contributed by atoms with Crippen molar-refractivity contribution in [2.45, 2.75) is 0 Å². The quantitative estimate of drug-likeness (QED) is 0.522. The predicted octanol–water partition coefficient (Wildman–Crippen LogP) is 1.33. The van der Waals surface area contributed by atoms with E-state index in [-0.39, 0.29) is 0 Å². The largest absolute Gasteiger partial charge is 0.287 e. The van der Waals surface area contributed by atoms with E-state index >= 15 is 0 Å². The van der Waals surface area contributed by atoms with Gasteiger partial charge in [-0.15, -0.1) is 0 Å². The van der Waals surface area contributed by atoms with Crippen LogP contribution in [-0.2, 0) is 4.79 Å². The lowest BCUT2D eigenvalue weighted by Gasteiger charge is -2.08. The van der Waals surface area contributed by atoms with Crippen LogP contribution in [0.1, 0.15) is 11.1 Å². The molecule has 0 radical (unpaired) electrons. The highest BCUT2D eigenvalue weighted by atomic mass is 16.1. The Morgan fingerprint density at radius 2 is 2.17 bits per heavy atom. The van der Waals surface area contributed by atoms with Gasteiger partial charge in [-0.2, -0.15) is 0 Å². The molecular formula is C10H7NO. The normalized spacial score (nSPS) is 13.8. The molecule has 0 saturated heterocycles. The molecule has 0 spiro atoms. The van der Waals surface area contributed by atoms with Crippen molar-refractivity contribution in [3.05, 3.63) is 35.4 Å². The second-order valence-electron chi connectivity index (χ2n) is 2.64. The molecule has 1 aliphatic heterocycles. The highest BCUT2D eigenvalue weighted by Crippen LogP contribution is 2.19. The molecule has 0 unspecified atom stereocenters. The van der Waals surface area contributed by atoms with E-state index in [0.29, 0.717) is 12.1 Å². The first-order valence-corrected chi connectivity index (χ1v) is 3.75. The zero-order chi connectivity index (χ0) is 8.39. The first-order chi connectivity index (χ1) is 5.92.